The summed E-state index contributed by atoms with van der Waals surface area (Å²) in [4.78, 5) is 3.82. The fourth-order valence-corrected chi connectivity index (χ4v) is 1.62. The van der Waals surface area contributed by atoms with Gasteiger partial charge in [-0.3, -0.25) is 0 Å². The normalized spacial score (nSPS) is 11.9. The Labute approximate surface area is 80.8 Å². The van der Waals surface area contributed by atoms with Crippen LogP contribution < -0.4 is 0 Å². The lowest BCUT2D eigenvalue weighted by Crippen LogP contribution is -2.21. The topological polar surface area (TPSA) is 27.1 Å². The Bertz CT molecular complexity index is 228. The van der Waals surface area contributed by atoms with E-state index in [2.05, 4.69) is 31.0 Å². The zero-order chi connectivity index (χ0) is 9.73. The van der Waals surface area contributed by atoms with Gasteiger partial charge in [-0.25, -0.2) is 4.98 Å². The Hall–Kier alpha value is -0.613. The largest absolute Gasteiger partial charge is 0.361 e. The average molecular weight is 197 g/mol. The fraction of sp³-hybridized carbons (Fsp3) is 0.667. The zero-order valence-corrected chi connectivity index (χ0v) is 9.58. The summed E-state index contributed by atoms with van der Waals surface area (Å²) in [5.74, 6) is 0. The van der Waals surface area contributed by atoms with Gasteiger partial charge in [-0.15, -0.1) is 0 Å². The van der Waals surface area contributed by atoms with Gasteiger partial charge in [-0.1, -0.05) is 19.6 Å². The zero-order valence-electron chi connectivity index (χ0n) is 8.58. The van der Waals surface area contributed by atoms with Gasteiger partial charge in [0, 0.05) is 27.1 Å². The predicted molar refractivity (Wildman–Crippen MR) is 55.2 cm³/mol. The maximum atomic E-state index is 5.48. The van der Waals surface area contributed by atoms with Gasteiger partial charge in [0.05, 0.1) is 0 Å². The molecule has 0 unspecified atom stereocenters. The van der Waals surface area contributed by atoms with E-state index in [1.54, 1.807) is 6.20 Å². The molecule has 3 nitrogen and oxygen atoms in total. The van der Waals surface area contributed by atoms with Crippen molar-refractivity contribution in [3.8, 4) is 0 Å². The van der Waals surface area contributed by atoms with Crippen molar-refractivity contribution in [1.29, 1.82) is 0 Å². The van der Waals surface area contributed by atoms with Crippen LogP contribution in [0.4, 0.5) is 0 Å². The maximum absolute atomic E-state index is 5.48. The first-order chi connectivity index (χ1) is 6.08. The number of ether oxygens (including phenoxy) is 1. The van der Waals surface area contributed by atoms with E-state index in [1.165, 1.54) is 6.04 Å². The standard InChI is InChI=1S/C9H17N2OSi/c1-13(2,3)7-6-12-9-11-5-4-10-8-11/h4-5H,6-7,9H2,1-3H3. The molecular weight excluding hydrogens is 180 g/mol. The first-order valence-corrected chi connectivity index (χ1v) is 8.25. The van der Waals surface area contributed by atoms with Gasteiger partial charge in [-0.05, 0) is 6.04 Å². The molecular formula is C9H17N2OSi. The minimum atomic E-state index is -0.939. The molecule has 0 aliphatic carbocycles. The molecule has 0 saturated heterocycles. The molecule has 1 radical (unpaired) electrons. The molecule has 0 aromatic carbocycles. The lowest BCUT2D eigenvalue weighted by Gasteiger charge is -2.15. The fourth-order valence-electron chi connectivity index (χ4n) is 0.868. The third-order valence-corrected chi connectivity index (χ3v) is 3.44. The van der Waals surface area contributed by atoms with E-state index in [1.807, 2.05) is 10.8 Å². The van der Waals surface area contributed by atoms with E-state index < -0.39 is 8.07 Å². The van der Waals surface area contributed by atoms with Crippen molar-refractivity contribution in [2.45, 2.75) is 32.4 Å². The first kappa shape index (κ1) is 10.5. The van der Waals surface area contributed by atoms with Crippen molar-refractivity contribution >= 4 is 8.07 Å². The summed E-state index contributed by atoms with van der Waals surface area (Å²) in [6.07, 6.45) is 6.35. The summed E-state index contributed by atoms with van der Waals surface area (Å²) in [6.45, 7) is 8.46. The number of nitrogens with zero attached hydrogens (tertiary/aromatic N) is 2. The molecule has 0 spiro atoms. The van der Waals surface area contributed by atoms with Crippen LogP contribution in [-0.4, -0.2) is 24.2 Å². The van der Waals surface area contributed by atoms with E-state index in [9.17, 15) is 0 Å². The van der Waals surface area contributed by atoms with Gasteiger partial charge in [-0.2, -0.15) is 0 Å². The monoisotopic (exact) mass is 197 g/mol. The van der Waals surface area contributed by atoms with Crippen LogP contribution in [0.25, 0.3) is 0 Å². The molecule has 0 aliphatic heterocycles. The molecule has 0 saturated carbocycles. The molecule has 4 heteroatoms. The highest BCUT2D eigenvalue weighted by Gasteiger charge is 2.11. The maximum Gasteiger partial charge on any atom is 0.178 e. The summed E-state index contributed by atoms with van der Waals surface area (Å²) in [5.41, 5.74) is 0. The predicted octanol–water partition coefficient (Wildman–Crippen LogP) is 2.00. The quantitative estimate of drug-likeness (QED) is 0.533. The third kappa shape index (κ3) is 4.85. The highest BCUT2D eigenvalue weighted by molar-refractivity contribution is 6.76. The van der Waals surface area contributed by atoms with Crippen molar-refractivity contribution < 1.29 is 4.74 Å². The van der Waals surface area contributed by atoms with Gasteiger partial charge in [0.15, 0.2) is 6.33 Å². The van der Waals surface area contributed by atoms with Crippen molar-refractivity contribution in [3.05, 3.63) is 18.7 Å². The lowest BCUT2D eigenvalue weighted by molar-refractivity contribution is 0.0866. The Morgan fingerprint density at radius 1 is 1.46 bits per heavy atom. The molecule has 1 aromatic rings. The smallest absolute Gasteiger partial charge is 0.178 e. The lowest BCUT2D eigenvalue weighted by atomic mass is 10.8. The second kappa shape index (κ2) is 4.57. The minimum Gasteiger partial charge on any atom is -0.361 e. The number of hydrogen-bond acceptors (Lipinski definition) is 2. The molecule has 0 atom stereocenters. The Balaban J connectivity index is 2.09. The van der Waals surface area contributed by atoms with E-state index in [0.717, 1.165) is 6.61 Å². The molecule has 0 N–H and O–H groups in total. The van der Waals surface area contributed by atoms with Gasteiger partial charge in [0.1, 0.15) is 6.73 Å². The molecule has 0 bridgehead atoms. The van der Waals surface area contributed by atoms with E-state index in [0.29, 0.717) is 6.73 Å². The molecule has 0 aliphatic rings. The Kier molecular flexibility index (Phi) is 3.68. The van der Waals surface area contributed by atoms with Crippen molar-refractivity contribution in [3.63, 3.8) is 0 Å². The number of rotatable bonds is 5. The number of hydrogen-bond donors (Lipinski definition) is 0. The van der Waals surface area contributed by atoms with Crippen LogP contribution in [0, 0.1) is 6.33 Å². The summed E-state index contributed by atoms with van der Waals surface area (Å²) in [7, 11) is -0.939. The second-order valence-corrected chi connectivity index (χ2v) is 9.97. The van der Waals surface area contributed by atoms with Crippen molar-refractivity contribution in [2.24, 2.45) is 0 Å². The molecule has 1 aromatic heterocycles. The highest BCUT2D eigenvalue weighted by atomic mass is 28.3. The van der Waals surface area contributed by atoms with Crippen LogP contribution >= 0.6 is 0 Å². The molecule has 13 heavy (non-hydrogen) atoms. The van der Waals surface area contributed by atoms with Crippen LogP contribution in [-0.2, 0) is 11.5 Å². The molecule has 73 valence electrons. The van der Waals surface area contributed by atoms with Gasteiger partial charge < -0.3 is 9.30 Å². The first-order valence-electron chi connectivity index (χ1n) is 4.54. The third-order valence-electron chi connectivity index (χ3n) is 1.73. The van der Waals surface area contributed by atoms with E-state index in [-0.39, 0.29) is 0 Å². The van der Waals surface area contributed by atoms with Crippen LogP contribution in [0.1, 0.15) is 0 Å². The molecule has 1 rings (SSSR count). The van der Waals surface area contributed by atoms with Gasteiger partial charge in [0.2, 0.25) is 0 Å². The molecule has 0 fully saturated rings. The summed E-state index contributed by atoms with van der Waals surface area (Å²) >= 11 is 0. The second-order valence-electron chi connectivity index (χ2n) is 4.35. The van der Waals surface area contributed by atoms with Crippen LogP contribution in [0.15, 0.2) is 12.4 Å². The van der Waals surface area contributed by atoms with Gasteiger partial charge in [0.25, 0.3) is 0 Å². The van der Waals surface area contributed by atoms with Crippen LogP contribution in [0.5, 0.6) is 0 Å². The van der Waals surface area contributed by atoms with Crippen LogP contribution in [0.3, 0.4) is 0 Å². The Morgan fingerprint density at radius 2 is 2.23 bits per heavy atom. The summed E-state index contributed by atoms with van der Waals surface area (Å²) < 4.78 is 7.29. The van der Waals surface area contributed by atoms with E-state index in [4.69, 9.17) is 4.74 Å². The van der Waals surface area contributed by atoms with Gasteiger partial charge >= 0.3 is 0 Å². The number of aromatic nitrogens is 2. The summed E-state index contributed by atoms with van der Waals surface area (Å²) in [5, 5.41) is 0. The highest BCUT2D eigenvalue weighted by Crippen LogP contribution is 2.07. The summed E-state index contributed by atoms with van der Waals surface area (Å²) in [6, 6.07) is 1.21. The molecule has 0 amide bonds. The molecule has 1 heterocycles. The van der Waals surface area contributed by atoms with Crippen molar-refractivity contribution in [1.82, 2.24) is 9.55 Å². The average Bonchev–Trinajstić information content (AvgIpc) is 2.48. The van der Waals surface area contributed by atoms with Crippen LogP contribution in [0.2, 0.25) is 25.7 Å². The van der Waals surface area contributed by atoms with E-state index >= 15 is 0 Å². The number of imidazole rings is 1. The SMILES string of the molecule is C[Si](C)(C)CCOCn1[c]ncc1. The van der Waals surface area contributed by atoms with Crippen molar-refractivity contribution in [2.75, 3.05) is 6.61 Å². The minimum absolute atomic E-state index is 0.574. The Morgan fingerprint density at radius 3 is 2.77 bits per heavy atom.